The van der Waals surface area contributed by atoms with Gasteiger partial charge < -0.3 is 4.74 Å². The van der Waals surface area contributed by atoms with Gasteiger partial charge in [-0.05, 0) is 50.9 Å². The summed E-state index contributed by atoms with van der Waals surface area (Å²) < 4.78 is 31.6. The number of carbonyl (C=O) groups excluding carboxylic acids is 1. The van der Waals surface area contributed by atoms with Crippen molar-refractivity contribution < 1.29 is 18.3 Å². The zero-order valence-electron chi connectivity index (χ0n) is 12.4. The number of Topliss-reactive ketones (excluding diaryl/α,β-unsaturated/α-hetero) is 1. The highest BCUT2D eigenvalue weighted by molar-refractivity contribution is 5.99. The maximum absolute atomic E-state index is 13.2. The number of benzene rings is 1. The average Bonchev–Trinajstić information content (AvgIpc) is 3.29. The second kappa shape index (κ2) is 7.09. The third kappa shape index (κ3) is 4.58. The van der Waals surface area contributed by atoms with E-state index in [9.17, 15) is 13.6 Å². The Morgan fingerprint density at radius 1 is 1.38 bits per heavy atom. The van der Waals surface area contributed by atoms with Gasteiger partial charge in [0.15, 0.2) is 17.4 Å². The number of nitrogens with zero attached hydrogens (tertiary/aromatic N) is 1. The molecule has 5 heteroatoms. The van der Waals surface area contributed by atoms with E-state index in [4.69, 9.17) is 4.74 Å². The van der Waals surface area contributed by atoms with E-state index in [0.29, 0.717) is 13.2 Å². The number of ketones is 1. The summed E-state index contributed by atoms with van der Waals surface area (Å²) in [5.74, 6) is -1.44. The summed E-state index contributed by atoms with van der Waals surface area (Å²) in [7, 11) is 1.82. The molecule has 0 N–H and O–H groups in total. The average molecular weight is 297 g/mol. The van der Waals surface area contributed by atoms with Gasteiger partial charge in [-0.25, -0.2) is 8.78 Å². The summed E-state index contributed by atoms with van der Waals surface area (Å²) in [5.41, 5.74) is 0.187. The molecule has 21 heavy (non-hydrogen) atoms. The first-order valence-corrected chi connectivity index (χ1v) is 7.26. The standard InChI is InChI=1S/C16H21F2NO2/c1-11(19(2)7-8-21-10-12-3-4-12)16(20)13-5-6-14(17)15(18)9-13/h5-6,9,11-12H,3-4,7-8,10H2,1-2H3. The Morgan fingerprint density at radius 3 is 2.71 bits per heavy atom. The number of hydrogen-bond donors (Lipinski definition) is 0. The van der Waals surface area contributed by atoms with Crippen molar-refractivity contribution >= 4 is 5.78 Å². The molecule has 116 valence electrons. The van der Waals surface area contributed by atoms with Crippen molar-refractivity contribution in [3.63, 3.8) is 0 Å². The van der Waals surface area contributed by atoms with Gasteiger partial charge in [-0.3, -0.25) is 9.69 Å². The van der Waals surface area contributed by atoms with E-state index in [1.54, 1.807) is 6.92 Å². The van der Waals surface area contributed by atoms with E-state index in [1.807, 2.05) is 11.9 Å². The van der Waals surface area contributed by atoms with E-state index >= 15 is 0 Å². The van der Waals surface area contributed by atoms with Crippen LogP contribution in [-0.4, -0.2) is 43.5 Å². The molecule has 1 aliphatic carbocycles. The van der Waals surface area contributed by atoms with Crippen LogP contribution in [0, 0.1) is 17.6 Å². The molecule has 1 aromatic rings. The number of carbonyl (C=O) groups is 1. The van der Waals surface area contributed by atoms with Gasteiger partial charge >= 0.3 is 0 Å². The van der Waals surface area contributed by atoms with Crippen LogP contribution >= 0.6 is 0 Å². The van der Waals surface area contributed by atoms with Crippen LogP contribution < -0.4 is 0 Å². The fraction of sp³-hybridized carbons (Fsp3) is 0.562. The molecule has 0 aromatic heterocycles. The fourth-order valence-corrected chi connectivity index (χ4v) is 2.03. The van der Waals surface area contributed by atoms with Gasteiger partial charge in [-0.1, -0.05) is 0 Å². The number of rotatable bonds is 8. The van der Waals surface area contributed by atoms with Crippen LogP contribution in [0.5, 0.6) is 0 Å². The number of likely N-dealkylation sites (N-methyl/N-ethyl adjacent to an activating group) is 1. The minimum Gasteiger partial charge on any atom is -0.380 e. The summed E-state index contributed by atoms with van der Waals surface area (Å²) in [6.45, 7) is 3.75. The molecular formula is C16H21F2NO2. The highest BCUT2D eigenvalue weighted by atomic mass is 19.2. The van der Waals surface area contributed by atoms with Gasteiger partial charge in [0.2, 0.25) is 0 Å². The van der Waals surface area contributed by atoms with Crippen LogP contribution in [0.2, 0.25) is 0 Å². The van der Waals surface area contributed by atoms with Gasteiger partial charge in [0.25, 0.3) is 0 Å². The fourth-order valence-electron chi connectivity index (χ4n) is 2.03. The lowest BCUT2D eigenvalue weighted by atomic mass is 10.0. The summed E-state index contributed by atoms with van der Waals surface area (Å²) in [6, 6.07) is 2.84. The first kappa shape index (κ1) is 16.0. The molecule has 0 aliphatic heterocycles. The molecule has 0 spiro atoms. The van der Waals surface area contributed by atoms with Gasteiger partial charge in [-0.2, -0.15) is 0 Å². The molecule has 1 unspecified atom stereocenters. The summed E-state index contributed by atoms with van der Waals surface area (Å²) in [4.78, 5) is 14.1. The van der Waals surface area contributed by atoms with Crippen molar-refractivity contribution in [2.75, 3.05) is 26.8 Å². The van der Waals surface area contributed by atoms with Gasteiger partial charge in [0.1, 0.15) is 0 Å². The first-order valence-electron chi connectivity index (χ1n) is 7.26. The normalized spacial score (nSPS) is 16.2. The summed E-state index contributed by atoms with van der Waals surface area (Å²) in [6.07, 6.45) is 2.50. The molecule has 1 aromatic carbocycles. The Kier molecular flexibility index (Phi) is 5.42. The monoisotopic (exact) mass is 297 g/mol. The van der Waals surface area contributed by atoms with Crippen LogP contribution in [0.15, 0.2) is 18.2 Å². The quantitative estimate of drug-likeness (QED) is 0.546. The SMILES string of the molecule is CC(C(=O)c1ccc(F)c(F)c1)N(C)CCOCC1CC1. The molecule has 1 atom stereocenters. The molecule has 0 radical (unpaired) electrons. The van der Waals surface area contributed by atoms with Crippen molar-refractivity contribution in [2.24, 2.45) is 5.92 Å². The third-order valence-corrected chi connectivity index (χ3v) is 3.88. The maximum Gasteiger partial charge on any atom is 0.179 e. The van der Waals surface area contributed by atoms with Crippen molar-refractivity contribution in [1.82, 2.24) is 4.90 Å². The molecule has 2 rings (SSSR count). The lowest BCUT2D eigenvalue weighted by Crippen LogP contribution is -2.38. The highest BCUT2D eigenvalue weighted by Crippen LogP contribution is 2.28. The van der Waals surface area contributed by atoms with E-state index in [0.717, 1.165) is 24.7 Å². The van der Waals surface area contributed by atoms with E-state index in [2.05, 4.69) is 0 Å². The molecule has 0 amide bonds. The second-order valence-electron chi connectivity index (χ2n) is 5.67. The number of ether oxygens (including phenoxy) is 1. The highest BCUT2D eigenvalue weighted by Gasteiger charge is 2.22. The number of hydrogen-bond acceptors (Lipinski definition) is 3. The van der Waals surface area contributed by atoms with Gasteiger partial charge in [0.05, 0.1) is 12.6 Å². The molecule has 0 bridgehead atoms. The first-order chi connectivity index (χ1) is 9.99. The van der Waals surface area contributed by atoms with Gasteiger partial charge in [-0.15, -0.1) is 0 Å². The van der Waals surface area contributed by atoms with Crippen molar-refractivity contribution in [1.29, 1.82) is 0 Å². The predicted molar refractivity (Wildman–Crippen MR) is 76.3 cm³/mol. The largest absolute Gasteiger partial charge is 0.380 e. The Balaban J connectivity index is 1.83. The Morgan fingerprint density at radius 2 is 2.10 bits per heavy atom. The Hall–Kier alpha value is -1.33. The molecule has 1 saturated carbocycles. The lowest BCUT2D eigenvalue weighted by Gasteiger charge is -2.23. The molecule has 1 aliphatic rings. The van der Waals surface area contributed by atoms with E-state index < -0.39 is 17.7 Å². The smallest absolute Gasteiger partial charge is 0.179 e. The Labute approximate surface area is 123 Å². The zero-order chi connectivity index (χ0) is 15.4. The molecule has 0 heterocycles. The molecule has 1 fully saturated rings. The van der Waals surface area contributed by atoms with Crippen molar-refractivity contribution in [3.8, 4) is 0 Å². The Bertz CT molecular complexity index is 503. The molecule has 0 saturated heterocycles. The molecule has 3 nitrogen and oxygen atoms in total. The van der Waals surface area contributed by atoms with Crippen LogP contribution in [0.3, 0.4) is 0 Å². The topological polar surface area (TPSA) is 29.5 Å². The second-order valence-corrected chi connectivity index (χ2v) is 5.67. The molecular weight excluding hydrogens is 276 g/mol. The van der Waals surface area contributed by atoms with Crippen molar-refractivity contribution in [2.45, 2.75) is 25.8 Å². The summed E-state index contributed by atoms with van der Waals surface area (Å²) >= 11 is 0. The minimum atomic E-state index is -0.997. The van der Waals surface area contributed by atoms with Gasteiger partial charge in [0, 0.05) is 18.7 Å². The minimum absolute atomic E-state index is 0.187. The van der Waals surface area contributed by atoms with Crippen LogP contribution in [0.1, 0.15) is 30.1 Å². The third-order valence-electron chi connectivity index (χ3n) is 3.88. The predicted octanol–water partition coefficient (Wildman–Crippen LogP) is 2.89. The maximum atomic E-state index is 13.2. The van der Waals surface area contributed by atoms with Crippen LogP contribution in [0.4, 0.5) is 8.78 Å². The zero-order valence-corrected chi connectivity index (χ0v) is 12.4. The van der Waals surface area contributed by atoms with E-state index in [1.165, 1.54) is 18.9 Å². The lowest BCUT2D eigenvalue weighted by molar-refractivity contribution is 0.0748. The number of halogens is 2. The van der Waals surface area contributed by atoms with Crippen LogP contribution in [-0.2, 0) is 4.74 Å². The van der Waals surface area contributed by atoms with Crippen LogP contribution in [0.25, 0.3) is 0 Å². The van der Waals surface area contributed by atoms with E-state index in [-0.39, 0.29) is 11.3 Å². The van der Waals surface area contributed by atoms with Crippen molar-refractivity contribution in [3.05, 3.63) is 35.4 Å². The summed E-state index contributed by atoms with van der Waals surface area (Å²) in [5, 5.41) is 0.